The maximum atomic E-state index is 4.65. The molecule has 0 fully saturated rings. The minimum Gasteiger partial charge on any atom is -0.226 e. The second-order valence-corrected chi connectivity index (χ2v) is 7.43. The second-order valence-electron chi connectivity index (χ2n) is 5.52. The molecule has 0 bridgehead atoms. The molecule has 0 unspecified atom stereocenters. The first-order valence-electron chi connectivity index (χ1n) is 6.14. The van der Waals surface area contributed by atoms with Crippen molar-refractivity contribution >= 4 is 27.7 Å². The second kappa shape index (κ2) is 5.63. The molecule has 1 aromatic heterocycles. The highest BCUT2D eigenvalue weighted by molar-refractivity contribution is 9.10. The van der Waals surface area contributed by atoms with Gasteiger partial charge in [-0.2, -0.15) is 0 Å². The predicted molar refractivity (Wildman–Crippen MR) is 83.7 cm³/mol. The standard InChI is InChI=1S/C15H17BrN2S/c1-10-6-5-7-11(8-10)19-13-9-12(16)17-14(18-13)15(2,3)4/h5-9H,1-4H3. The van der Waals surface area contributed by atoms with Crippen molar-refractivity contribution in [3.63, 3.8) is 0 Å². The summed E-state index contributed by atoms with van der Waals surface area (Å²) in [4.78, 5) is 10.3. The normalized spacial score (nSPS) is 11.6. The van der Waals surface area contributed by atoms with Crippen LogP contribution in [0.15, 0.2) is 44.9 Å². The van der Waals surface area contributed by atoms with Gasteiger partial charge in [0.2, 0.25) is 0 Å². The van der Waals surface area contributed by atoms with Gasteiger partial charge in [-0.3, -0.25) is 0 Å². The van der Waals surface area contributed by atoms with Gasteiger partial charge in [0.1, 0.15) is 15.5 Å². The number of rotatable bonds is 2. The first-order chi connectivity index (χ1) is 8.84. The number of aryl methyl sites for hydroxylation is 1. The lowest BCUT2D eigenvalue weighted by molar-refractivity contribution is 0.536. The first-order valence-corrected chi connectivity index (χ1v) is 7.75. The molecule has 1 aromatic carbocycles. The average molecular weight is 337 g/mol. The van der Waals surface area contributed by atoms with E-state index in [0.717, 1.165) is 15.5 Å². The van der Waals surface area contributed by atoms with E-state index < -0.39 is 0 Å². The summed E-state index contributed by atoms with van der Waals surface area (Å²) in [6.07, 6.45) is 0. The highest BCUT2D eigenvalue weighted by Crippen LogP contribution is 2.30. The fourth-order valence-corrected chi connectivity index (χ4v) is 3.06. The van der Waals surface area contributed by atoms with E-state index >= 15 is 0 Å². The molecule has 0 aliphatic carbocycles. The van der Waals surface area contributed by atoms with Gasteiger partial charge in [0.25, 0.3) is 0 Å². The lowest BCUT2D eigenvalue weighted by Gasteiger charge is -2.17. The zero-order chi connectivity index (χ0) is 14.0. The molecule has 0 saturated carbocycles. The van der Waals surface area contributed by atoms with E-state index in [1.165, 1.54) is 10.5 Å². The van der Waals surface area contributed by atoms with Crippen molar-refractivity contribution in [1.29, 1.82) is 0 Å². The van der Waals surface area contributed by atoms with Crippen molar-refractivity contribution in [3.05, 3.63) is 46.3 Å². The fourth-order valence-electron chi connectivity index (χ4n) is 1.58. The van der Waals surface area contributed by atoms with Crippen LogP contribution in [0.25, 0.3) is 0 Å². The molecule has 4 heteroatoms. The summed E-state index contributed by atoms with van der Waals surface area (Å²) in [7, 11) is 0. The maximum absolute atomic E-state index is 4.65. The molecule has 1 heterocycles. The Kier molecular flexibility index (Phi) is 4.31. The smallest absolute Gasteiger partial charge is 0.136 e. The third kappa shape index (κ3) is 4.05. The molecule has 19 heavy (non-hydrogen) atoms. The monoisotopic (exact) mass is 336 g/mol. The Morgan fingerprint density at radius 2 is 1.84 bits per heavy atom. The number of aromatic nitrogens is 2. The van der Waals surface area contributed by atoms with E-state index in [9.17, 15) is 0 Å². The Morgan fingerprint density at radius 1 is 1.11 bits per heavy atom. The lowest BCUT2D eigenvalue weighted by atomic mass is 9.96. The first kappa shape index (κ1) is 14.5. The fraction of sp³-hybridized carbons (Fsp3) is 0.333. The van der Waals surface area contributed by atoms with Crippen molar-refractivity contribution < 1.29 is 0 Å². The minimum absolute atomic E-state index is 0.0499. The molecule has 0 aliphatic rings. The number of benzene rings is 1. The summed E-state index contributed by atoms with van der Waals surface area (Å²) in [5.41, 5.74) is 1.21. The van der Waals surface area contributed by atoms with Crippen LogP contribution in [0.4, 0.5) is 0 Å². The zero-order valence-electron chi connectivity index (χ0n) is 11.6. The van der Waals surface area contributed by atoms with Crippen molar-refractivity contribution in [2.75, 3.05) is 0 Å². The maximum Gasteiger partial charge on any atom is 0.136 e. The van der Waals surface area contributed by atoms with E-state index in [4.69, 9.17) is 0 Å². The van der Waals surface area contributed by atoms with Crippen molar-refractivity contribution in [3.8, 4) is 0 Å². The number of hydrogen-bond acceptors (Lipinski definition) is 3. The summed E-state index contributed by atoms with van der Waals surface area (Å²) in [5, 5.41) is 0.970. The quantitative estimate of drug-likeness (QED) is 0.722. The van der Waals surface area contributed by atoms with Crippen LogP contribution >= 0.6 is 27.7 Å². The summed E-state index contributed by atoms with van der Waals surface area (Å²) < 4.78 is 0.836. The third-order valence-corrected chi connectivity index (χ3v) is 3.87. The molecule has 0 atom stereocenters. The molecule has 0 saturated heterocycles. The van der Waals surface area contributed by atoms with Crippen LogP contribution < -0.4 is 0 Å². The van der Waals surface area contributed by atoms with Crippen LogP contribution in [0.2, 0.25) is 0 Å². The van der Waals surface area contributed by atoms with E-state index in [2.05, 4.69) is 77.9 Å². The van der Waals surface area contributed by atoms with E-state index in [0.29, 0.717) is 0 Å². The lowest BCUT2D eigenvalue weighted by Crippen LogP contribution is -2.16. The van der Waals surface area contributed by atoms with Gasteiger partial charge in [-0.1, -0.05) is 50.2 Å². The van der Waals surface area contributed by atoms with Crippen LogP contribution in [0.5, 0.6) is 0 Å². The van der Waals surface area contributed by atoms with Crippen molar-refractivity contribution in [2.24, 2.45) is 0 Å². The van der Waals surface area contributed by atoms with Crippen LogP contribution in [0.1, 0.15) is 32.2 Å². The van der Waals surface area contributed by atoms with Crippen molar-refractivity contribution in [1.82, 2.24) is 9.97 Å². The van der Waals surface area contributed by atoms with Crippen LogP contribution in [0, 0.1) is 6.92 Å². The van der Waals surface area contributed by atoms with E-state index in [1.54, 1.807) is 11.8 Å². The topological polar surface area (TPSA) is 25.8 Å². The number of hydrogen-bond donors (Lipinski definition) is 0. The molecular weight excluding hydrogens is 320 g/mol. The molecule has 0 aliphatic heterocycles. The molecule has 0 N–H and O–H groups in total. The summed E-state index contributed by atoms with van der Waals surface area (Å²) in [6.45, 7) is 8.46. The molecule has 0 spiro atoms. The molecule has 2 rings (SSSR count). The van der Waals surface area contributed by atoms with Crippen LogP contribution in [0.3, 0.4) is 0 Å². The van der Waals surface area contributed by atoms with Gasteiger partial charge >= 0.3 is 0 Å². The largest absolute Gasteiger partial charge is 0.226 e. The average Bonchev–Trinajstić information content (AvgIpc) is 2.26. The molecule has 100 valence electrons. The van der Waals surface area contributed by atoms with Gasteiger partial charge in [-0.05, 0) is 35.0 Å². The predicted octanol–water partition coefficient (Wildman–Crippen LogP) is 5.00. The van der Waals surface area contributed by atoms with Crippen molar-refractivity contribution in [2.45, 2.75) is 43.0 Å². The Labute approximate surface area is 127 Å². The van der Waals surface area contributed by atoms with Gasteiger partial charge < -0.3 is 0 Å². The van der Waals surface area contributed by atoms with E-state index in [-0.39, 0.29) is 5.41 Å². The van der Waals surface area contributed by atoms with Gasteiger partial charge in [-0.25, -0.2) is 9.97 Å². The highest BCUT2D eigenvalue weighted by atomic mass is 79.9. The third-order valence-electron chi connectivity index (χ3n) is 2.55. The highest BCUT2D eigenvalue weighted by Gasteiger charge is 2.18. The van der Waals surface area contributed by atoms with Gasteiger partial charge in [-0.15, -0.1) is 0 Å². The summed E-state index contributed by atoms with van der Waals surface area (Å²) in [6, 6.07) is 10.4. The molecule has 2 aromatic rings. The van der Waals surface area contributed by atoms with Gasteiger partial charge in [0.15, 0.2) is 0 Å². The Bertz CT molecular complexity index is 591. The van der Waals surface area contributed by atoms with Crippen LogP contribution in [-0.2, 0) is 5.41 Å². The number of nitrogens with zero attached hydrogens (tertiary/aromatic N) is 2. The molecule has 0 radical (unpaired) electrons. The molecule has 2 nitrogen and oxygen atoms in total. The minimum atomic E-state index is -0.0499. The summed E-state index contributed by atoms with van der Waals surface area (Å²) >= 11 is 5.13. The summed E-state index contributed by atoms with van der Waals surface area (Å²) in [5.74, 6) is 0.858. The number of halogens is 1. The Balaban J connectivity index is 2.33. The molecule has 0 amide bonds. The zero-order valence-corrected chi connectivity index (χ0v) is 14.0. The van der Waals surface area contributed by atoms with Gasteiger partial charge in [0.05, 0.1) is 0 Å². The Hall–Kier alpha value is -0.870. The van der Waals surface area contributed by atoms with E-state index in [1.807, 2.05) is 6.07 Å². The van der Waals surface area contributed by atoms with Gasteiger partial charge in [0, 0.05) is 16.4 Å². The van der Waals surface area contributed by atoms with Crippen LogP contribution in [-0.4, -0.2) is 9.97 Å². The Morgan fingerprint density at radius 3 is 2.47 bits per heavy atom. The molecular formula is C15H17BrN2S. The SMILES string of the molecule is Cc1cccc(Sc2cc(Br)nc(C(C)(C)C)n2)c1.